The highest BCUT2D eigenvalue weighted by Gasteiger charge is 2.51. The summed E-state index contributed by atoms with van der Waals surface area (Å²) in [6.45, 7) is 5.30. The summed E-state index contributed by atoms with van der Waals surface area (Å²) < 4.78 is 20.6. The molecule has 236 valence electrons. The van der Waals surface area contributed by atoms with Gasteiger partial charge in [0.15, 0.2) is 0 Å². The Balaban J connectivity index is 0. The molecule has 0 aliphatic carbocycles. The molecule has 39 heavy (non-hydrogen) atoms. The van der Waals surface area contributed by atoms with Gasteiger partial charge in [0.25, 0.3) is 0 Å². The second-order valence-electron chi connectivity index (χ2n) is 9.82. The molecule has 0 saturated heterocycles. The van der Waals surface area contributed by atoms with Gasteiger partial charge in [-0.3, -0.25) is 4.79 Å². The molecule has 0 aliphatic heterocycles. The van der Waals surface area contributed by atoms with Crippen LogP contribution in [0.1, 0.15) is 123 Å². The van der Waals surface area contributed by atoms with Gasteiger partial charge >= 0.3 is 9.05 Å². The van der Waals surface area contributed by atoms with Crippen LogP contribution in [0, 0.1) is 0 Å². The van der Waals surface area contributed by atoms with E-state index in [4.69, 9.17) is 23.9 Å². The van der Waals surface area contributed by atoms with E-state index < -0.39 is 9.05 Å². The minimum Gasteiger partial charge on any atom is -0.347 e. The first kappa shape index (κ1) is 40.8. The molecule has 12 heteroatoms. The summed E-state index contributed by atoms with van der Waals surface area (Å²) in [5.41, 5.74) is 5.86. The van der Waals surface area contributed by atoms with Gasteiger partial charge in [0, 0.05) is 32.2 Å². The molecule has 0 spiro atoms. The highest BCUT2D eigenvalue weighted by molar-refractivity contribution is 6.52. The number of halogens is 1. The fourth-order valence-corrected chi connectivity index (χ4v) is 5.60. The van der Waals surface area contributed by atoms with Crippen molar-refractivity contribution in [3.8, 4) is 0 Å². The molecule has 2 N–H and O–H groups in total. The zero-order valence-corrected chi connectivity index (χ0v) is 27.2. The molecule has 0 radical (unpaired) electrons. The maximum absolute atomic E-state index is 12.9. The van der Waals surface area contributed by atoms with Gasteiger partial charge in [-0.1, -0.05) is 96.8 Å². The van der Waals surface area contributed by atoms with Crippen molar-refractivity contribution in [2.45, 2.75) is 129 Å². The average Bonchev–Trinajstić information content (AvgIpc) is 2.90. The summed E-state index contributed by atoms with van der Waals surface area (Å²) in [4.78, 5) is 28.6. The zero-order chi connectivity index (χ0) is 28.3. The van der Waals surface area contributed by atoms with Crippen molar-refractivity contribution in [3.63, 3.8) is 0 Å². The van der Waals surface area contributed by atoms with Crippen LogP contribution in [0.25, 0.3) is 0 Å². The van der Waals surface area contributed by atoms with E-state index in [1.807, 2.05) is 11.8 Å². The van der Waals surface area contributed by atoms with Crippen LogP contribution in [0.2, 0.25) is 0 Å². The van der Waals surface area contributed by atoms with Gasteiger partial charge < -0.3 is 15.1 Å². The lowest BCUT2D eigenvalue weighted by molar-refractivity contribution is -0.370. The molecular formula is C27H59ClN2O8Si. The van der Waals surface area contributed by atoms with Crippen molar-refractivity contribution >= 4 is 27.4 Å². The Morgan fingerprint density at radius 3 is 1.51 bits per heavy atom. The third kappa shape index (κ3) is 22.0. The summed E-state index contributed by atoms with van der Waals surface area (Å²) >= 11 is 0. The quantitative estimate of drug-likeness (QED) is 0.0448. The summed E-state index contributed by atoms with van der Waals surface area (Å²) in [5, 5.41) is 0. The van der Waals surface area contributed by atoms with Crippen molar-refractivity contribution < 1.29 is 37.6 Å². The Morgan fingerprint density at radius 2 is 1.13 bits per heavy atom. The van der Waals surface area contributed by atoms with Crippen LogP contribution in [-0.4, -0.2) is 66.9 Å². The molecule has 1 unspecified atom stereocenters. The Morgan fingerprint density at radius 1 is 0.718 bits per heavy atom. The van der Waals surface area contributed by atoms with Gasteiger partial charge in [-0.15, -0.1) is 12.4 Å². The highest BCUT2D eigenvalue weighted by atomic mass is 35.5. The van der Waals surface area contributed by atoms with E-state index in [1.54, 1.807) is 0 Å². The first-order valence-electron chi connectivity index (χ1n) is 14.8. The molecule has 10 nitrogen and oxygen atoms in total. The number of unbranched alkanes of at least 4 members (excludes halogenated alkanes) is 14. The number of hydrogen-bond donors (Lipinski definition) is 1. The van der Waals surface area contributed by atoms with Crippen LogP contribution >= 0.6 is 12.4 Å². The lowest BCUT2D eigenvalue weighted by Gasteiger charge is -2.29. The van der Waals surface area contributed by atoms with Crippen LogP contribution in [0.4, 0.5) is 0 Å². The summed E-state index contributed by atoms with van der Waals surface area (Å²) in [7, 11) is 0.109. The van der Waals surface area contributed by atoms with Gasteiger partial charge in [0.2, 0.25) is 5.91 Å². The standard InChI is InChI=1S/C27H58N2O8Si.ClH/c1-6-7-8-9-10-11-12-13-14-15-16-17-18-19-20-22-27(30)29(26(2)25-28)23-21-24-34-38(35-31-3,36-32-4)37-33-5;/h26H,6-25,28H2,1-5H3;1H. The second-order valence-corrected chi connectivity index (χ2v) is 11.6. The van der Waals surface area contributed by atoms with Crippen LogP contribution in [0.15, 0.2) is 0 Å². The van der Waals surface area contributed by atoms with Gasteiger partial charge in [-0.05, 0) is 19.8 Å². The largest absolute Gasteiger partial charge is 0.764 e. The Hall–Kier alpha value is -0.343. The molecule has 1 atom stereocenters. The number of hydrogen-bond acceptors (Lipinski definition) is 9. The molecule has 0 heterocycles. The van der Waals surface area contributed by atoms with Crippen LogP contribution < -0.4 is 5.73 Å². The number of nitrogens with two attached hydrogens (primary N) is 1. The minimum absolute atomic E-state index is 0. The number of nitrogens with zero attached hydrogens (tertiary/aromatic N) is 1. The average molecular weight is 603 g/mol. The van der Waals surface area contributed by atoms with E-state index in [0.717, 1.165) is 12.8 Å². The van der Waals surface area contributed by atoms with Gasteiger partial charge in [0.1, 0.15) is 0 Å². The Kier molecular flexibility index (Phi) is 30.5. The molecular weight excluding hydrogens is 544 g/mol. The monoisotopic (exact) mass is 602 g/mol. The highest BCUT2D eigenvalue weighted by Crippen LogP contribution is 2.16. The number of rotatable bonds is 29. The van der Waals surface area contributed by atoms with Gasteiger partial charge in [-0.2, -0.15) is 13.7 Å². The lowest BCUT2D eigenvalue weighted by atomic mass is 10.0. The third-order valence-corrected chi connectivity index (χ3v) is 8.24. The van der Waals surface area contributed by atoms with Gasteiger partial charge in [-0.25, -0.2) is 14.7 Å². The van der Waals surface area contributed by atoms with E-state index in [1.165, 1.54) is 105 Å². The van der Waals surface area contributed by atoms with Gasteiger partial charge in [0.05, 0.1) is 21.3 Å². The van der Waals surface area contributed by atoms with Crippen LogP contribution in [0.3, 0.4) is 0 Å². The smallest absolute Gasteiger partial charge is 0.347 e. The lowest BCUT2D eigenvalue weighted by Crippen LogP contribution is -2.49. The summed E-state index contributed by atoms with van der Waals surface area (Å²) in [6.07, 6.45) is 20.6. The predicted molar refractivity (Wildman–Crippen MR) is 158 cm³/mol. The number of carbonyl (C=O) groups excluding carboxylic acids is 1. The molecule has 0 aromatic heterocycles. The minimum atomic E-state index is -3.78. The Bertz CT molecular complexity index is 523. The fourth-order valence-electron chi connectivity index (χ4n) is 4.36. The molecule has 0 aliphatic rings. The maximum atomic E-state index is 12.9. The van der Waals surface area contributed by atoms with Crippen LogP contribution in [-0.2, 0) is 37.6 Å². The van der Waals surface area contributed by atoms with E-state index in [9.17, 15) is 4.79 Å². The van der Waals surface area contributed by atoms with Crippen LogP contribution in [0.5, 0.6) is 0 Å². The SMILES string of the molecule is CCCCCCCCCCCCCCCCCC(=O)N(CCCO[Si](OOC)(OOC)OOC)C(C)CN.Cl. The molecule has 0 aromatic rings. The molecule has 0 fully saturated rings. The Labute approximate surface area is 245 Å². The first-order chi connectivity index (χ1) is 18.5. The number of carbonyl (C=O) groups is 1. The summed E-state index contributed by atoms with van der Waals surface area (Å²) in [6, 6.07) is -0.0541. The topological polar surface area (TPSA) is 111 Å². The molecule has 0 bridgehead atoms. The van der Waals surface area contributed by atoms with E-state index in [0.29, 0.717) is 25.9 Å². The molecule has 1 amide bonds. The fraction of sp³-hybridized carbons (Fsp3) is 0.963. The summed E-state index contributed by atoms with van der Waals surface area (Å²) in [5.74, 6) is 0.121. The first-order valence-corrected chi connectivity index (χ1v) is 16.4. The molecule has 0 saturated carbocycles. The number of amides is 1. The van der Waals surface area contributed by atoms with E-state index in [2.05, 4.69) is 21.6 Å². The predicted octanol–water partition coefficient (Wildman–Crippen LogP) is 6.42. The normalized spacial score (nSPS) is 12.4. The van der Waals surface area contributed by atoms with Crippen molar-refractivity contribution in [2.75, 3.05) is 41.0 Å². The van der Waals surface area contributed by atoms with Crippen molar-refractivity contribution in [2.24, 2.45) is 5.73 Å². The van der Waals surface area contributed by atoms with Crippen molar-refractivity contribution in [3.05, 3.63) is 0 Å². The zero-order valence-electron chi connectivity index (χ0n) is 25.4. The van der Waals surface area contributed by atoms with Crippen molar-refractivity contribution in [1.82, 2.24) is 4.90 Å². The van der Waals surface area contributed by atoms with E-state index >= 15 is 0 Å². The molecule has 0 aromatic carbocycles. The van der Waals surface area contributed by atoms with Crippen molar-refractivity contribution in [1.29, 1.82) is 0 Å². The third-order valence-electron chi connectivity index (χ3n) is 6.57. The maximum Gasteiger partial charge on any atom is 0.764 e. The van der Waals surface area contributed by atoms with E-state index in [-0.39, 0.29) is 31.0 Å². The second kappa shape index (κ2) is 29.2. The molecule has 0 rings (SSSR count).